The highest BCUT2D eigenvalue weighted by Crippen LogP contribution is 2.13. The van der Waals surface area contributed by atoms with Gasteiger partial charge in [0, 0.05) is 19.5 Å². The normalized spacial score (nSPS) is 14.2. The first kappa shape index (κ1) is 36.4. The lowest BCUT2D eigenvalue weighted by Gasteiger charge is -2.26. The topological polar surface area (TPSA) is 300 Å². The smallest absolute Gasteiger partial charge is 0.326 e. The molecule has 0 saturated carbocycles. The second kappa shape index (κ2) is 18.8. The van der Waals surface area contributed by atoms with Crippen LogP contribution in [0.1, 0.15) is 51.5 Å². The minimum atomic E-state index is -1.21. The van der Waals surface area contributed by atoms with E-state index >= 15 is 0 Å². The number of nitrogens with one attached hydrogen (secondary N) is 3. The number of carboxylic acids is 1. The number of phenolic OH excluding ortho intramolecular Hbond substituents is 1. The van der Waals surface area contributed by atoms with Gasteiger partial charge in [0.15, 0.2) is 11.9 Å². The first-order chi connectivity index (χ1) is 20.2. The van der Waals surface area contributed by atoms with Crippen LogP contribution < -0.4 is 44.6 Å². The standard InChI is InChI=1S/C27H46N10O6/c1-3-15(2)21(25(42)43)37-23(40)19(7-5-13-34-27(31)32)35-24(41)20(14-16-8-10-17(38)11-9-16)36-22(39)18(28)6-4-12-33-26(29)30/h8-11,15,18-21,38H,3-7,12-14,28H2,1-2H3,(H,35,41)(H,36,39)(H,37,40)(H,42,43)(H4,29,30,33)(H4,31,32,34). The highest BCUT2D eigenvalue weighted by molar-refractivity contribution is 5.94. The molecule has 0 heterocycles. The zero-order valence-corrected chi connectivity index (χ0v) is 24.7. The first-order valence-electron chi connectivity index (χ1n) is 14.0. The Morgan fingerprint density at radius 3 is 1.84 bits per heavy atom. The van der Waals surface area contributed by atoms with Crippen LogP contribution in [-0.2, 0) is 25.6 Å². The summed E-state index contributed by atoms with van der Waals surface area (Å²) in [5.74, 6) is -3.82. The van der Waals surface area contributed by atoms with Gasteiger partial charge < -0.3 is 54.8 Å². The summed E-state index contributed by atoms with van der Waals surface area (Å²) in [7, 11) is 0. The summed E-state index contributed by atoms with van der Waals surface area (Å²) in [4.78, 5) is 59.3. The van der Waals surface area contributed by atoms with Crippen molar-refractivity contribution in [1.29, 1.82) is 0 Å². The third kappa shape index (κ3) is 14.2. The van der Waals surface area contributed by atoms with Gasteiger partial charge in [-0.05, 0) is 49.3 Å². The minimum Gasteiger partial charge on any atom is -0.508 e. The van der Waals surface area contributed by atoms with Crippen LogP contribution in [0.15, 0.2) is 34.3 Å². The second-order valence-corrected chi connectivity index (χ2v) is 10.2. The van der Waals surface area contributed by atoms with E-state index in [1.165, 1.54) is 12.1 Å². The number of nitrogens with two attached hydrogens (primary N) is 5. The molecule has 0 fully saturated rings. The molecule has 0 aliphatic carbocycles. The van der Waals surface area contributed by atoms with E-state index in [4.69, 9.17) is 28.7 Å². The van der Waals surface area contributed by atoms with Crippen molar-refractivity contribution in [3.05, 3.63) is 29.8 Å². The molecule has 16 nitrogen and oxygen atoms in total. The molecule has 1 aromatic rings. The summed E-state index contributed by atoms with van der Waals surface area (Å²) in [5, 5.41) is 27.1. The van der Waals surface area contributed by atoms with E-state index < -0.39 is 47.9 Å². The van der Waals surface area contributed by atoms with E-state index in [0.29, 0.717) is 18.4 Å². The molecule has 0 bridgehead atoms. The molecular weight excluding hydrogens is 560 g/mol. The number of carboxylic acid groups (broad SMARTS) is 1. The van der Waals surface area contributed by atoms with E-state index in [9.17, 15) is 29.4 Å². The molecule has 0 aliphatic rings. The third-order valence-corrected chi connectivity index (χ3v) is 6.67. The quantitative estimate of drug-likeness (QED) is 0.0464. The molecule has 1 rings (SSSR count). The fourth-order valence-corrected chi connectivity index (χ4v) is 3.99. The molecule has 16 heteroatoms. The number of aliphatic imine (C=N–C) groups is 2. The number of aromatic hydroxyl groups is 1. The monoisotopic (exact) mass is 606 g/mol. The van der Waals surface area contributed by atoms with Gasteiger partial charge in [-0.15, -0.1) is 0 Å². The molecule has 1 aromatic carbocycles. The number of hydrogen-bond donors (Lipinski definition) is 10. The average molecular weight is 607 g/mol. The number of amides is 3. The maximum Gasteiger partial charge on any atom is 0.326 e. The van der Waals surface area contributed by atoms with E-state index in [0.717, 1.165) is 0 Å². The molecule has 0 aromatic heterocycles. The van der Waals surface area contributed by atoms with Gasteiger partial charge in [-0.25, -0.2) is 4.79 Å². The van der Waals surface area contributed by atoms with Crippen LogP contribution in [0.5, 0.6) is 5.75 Å². The van der Waals surface area contributed by atoms with E-state index in [1.54, 1.807) is 26.0 Å². The second-order valence-electron chi connectivity index (χ2n) is 10.2. The number of rotatable bonds is 19. The predicted molar refractivity (Wildman–Crippen MR) is 162 cm³/mol. The van der Waals surface area contributed by atoms with E-state index in [1.807, 2.05) is 0 Å². The Kier molecular flexibility index (Phi) is 15.9. The number of carbonyl (C=O) groups is 4. The molecule has 0 aliphatic heterocycles. The van der Waals surface area contributed by atoms with Crippen LogP contribution in [0.2, 0.25) is 0 Å². The Hall–Kier alpha value is -4.60. The van der Waals surface area contributed by atoms with Crippen molar-refractivity contribution in [2.45, 2.75) is 76.5 Å². The number of phenols is 1. The van der Waals surface area contributed by atoms with Crippen LogP contribution in [-0.4, -0.2) is 83.1 Å². The van der Waals surface area contributed by atoms with Crippen LogP contribution in [0.25, 0.3) is 0 Å². The van der Waals surface area contributed by atoms with Crippen LogP contribution in [0.4, 0.5) is 0 Å². The summed E-state index contributed by atoms with van der Waals surface area (Å²) < 4.78 is 0. The number of benzene rings is 1. The first-order valence-corrected chi connectivity index (χ1v) is 14.0. The fraction of sp³-hybridized carbons (Fsp3) is 0.556. The Morgan fingerprint density at radius 2 is 1.33 bits per heavy atom. The number of hydrogen-bond acceptors (Lipinski definition) is 8. The Morgan fingerprint density at radius 1 is 0.814 bits per heavy atom. The fourth-order valence-electron chi connectivity index (χ4n) is 3.99. The molecule has 43 heavy (non-hydrogen) atoms. The van der Waals surface area contributed by atoms with Crippen molar-refractivity contribution in [3.63, 3.8) is 0 Å². The van der Waals surface area contributed by atoms with Crippen molar-refractivity contribution in [2.24, 2.45) is 44.6 Å². The number of aliphatic carboxylic acids is 1. The van der Waals surface area contributed by atoms with Crippen molar-refractivity contribution in [1.82, 2.24) is 16.0 Å². The minimum absolute atomic E-state index is 0.00549. The number of nitrogens with zero attached hydrogens (tertiary/aromatic N) is 2. The Bertz CT molecular complexity index is 1120. The molecular formula is C27H46N10O6. The van der Waals surface area contributed by atoms with Gasteiger partial charge in [-0.2, -0.15) is 0 Å². The predicted octanol–water partition coefficient (Wildman–Crippen LogP) is -2.05. The van der Waals surface area contributed by atoms with Crippen molar-refractivity contribution in [2.75, 3.05) is 13.1 Å². The maximum absolute atomic E-state index is 13.5. The van der Waals surface area contributed by atoms with Gasteiger partial charge in [0.25, 0.3) is 0 Å². The summed E-state index contributed by atoms with van der Waals surface area (Å²) in [6, 6.07) is 1.54. The highest BCUT2D eigenvalue weighted by Gasteiger charge is 2.32. The van der Waals surface area contributed by atoms with Crippen molar-refractivity contribution in [3.8, 4) is 5.75 Å². The Balaban J connectivity index is 3.18. The zero-order valence-electron chi connectivity index (χ0n) is 24.7. The van der Waals surface area contributed by atoms with Crippen molar-refractivity contribution >= 4 is 35.6 Å². The number of carbonyl (C=O) groups excluding carboxylic acids is 3. The largest absolute Gasteiger partial charge is 0.508 e. The summed E-state index contributed by atoms with van der Waals surface area (Å²) in [5.41, 5.74) is 28.0. The molecule has 0 saturated heterocycles. The average Bonchev–Trinajstić information content (AvgIpc) is 2.95. The summed E-state index contributed by atoms with van der Waals surface area (Å²) in [6.07, 6.45) is 1.51. The molecule has 0 spiro atoms. The lowest BCUT2D eigenvalue weighted by Crippen LogP contribution is -2.58. The van der Waals surface area contributed by atoms with Gasteiger partial charge in [0.2, 0.25) is 17.7 Å². The molecule has 5 unspecified atom stereocenters. The van der Waals surface area contributed by atoms with Gasteiger partial charge in [0.1, 0.15) is 23.9 Å². The molecule has 0 radical (unpaired) electrons. The summed E-state index contributed by atoms with van der Waals surface area (Å²) in [6.45, 7) is 3.92. The maximum atomic E-state index is 13.5. The van der Waals surface area contributed by atoms with Crippen LogP contribution >= 0.6 is 0 Å². The van der Waals surface area contributed by atoms with Crippen LogP contribution in [0, 0.1) is 5.92 Å². The number of guanidine groups is 2. The lowest BCUT2D eigenvalue weighted by atomic mass is 9.98. The van der Waals surface area contributed by atoms with Gasteiger partial charge in [0.05, 0.1) is 6.04 Å². The van der Waals surface area contributed by atoms with Gasteiger partial charge in [-0.1, -0.05) is 32.4 Å². The van der Waals surface area contributed by atoms with Gasteiger partial charge >= 0.3 is 5.97 Å². The zero-order chi connectivity index (χ0) is 32.5. The molecule has 15 N–H and O–H groups in total. The molecule has 3 amide bonds. The third-order valence-electron chi connectivity index (χ3n) is 6.67. The highest BCUT2D eigenvalue weighted by atomic mass is 16.4. The lowest BCUT2D eigenvalue weighted by molar-refractivity contribution is -0.144. The van der Waals surface area contributed by atoms with Gasteiger partial charge in [-0.3, -0.25) is 24.4 Å². The van der Waals surface area contributed by atoms with Crippen molar-refractivity contribution < 1.29 is 29.4 Å². The molecule has 5 atom stereocenters. The van der Waals surface area contributed by atoms with E-state index in [-0.39, 0.29) is 62.4 Å². The van der Waals surface area contributed by atoms with E-state index in [2.05, 4.69) is 25.9 Å². The summed E-state index contributed by atoms with van der Waals surface area (Å²) >= 11 is 0. The van der Waals surface area contributed by atoms with Crippen LogP contribution in [0.3, 0.4) is 0 Å². The SMILES string of the molecule is CCC(C)C(NC(=O)C(CCCN=C(N)N)NC(=O)C(Cc1ccc(O)cc1)NC(=O)C(N)CCCN=C(N)N)C(=O)O. The Labute approximate surface area is 250 Å². The molecule has 240 valence electrons.